The van der Waals surface area contributed by atoms with Crippen LogP contribution in [-0.4, -0.2) is 44.2 Å². The molecule has 1 rings (SSSR count). The molecule has 1 aromatic rings. The molecule has 0 aliphatic rings. The first-order chi connectivity index (χ1) is 8.95. The van der Waals surface area contributed by atoms with Crippen LogP contribution in [-0.2, 0) is 4.79 Å². The number of thioether (sulfide) groups is 1. The Morgan fingerprint density at radius 3 is 2.68 bits per heavy atom. The molecule has 0 fully saturated rings. The van der Waals surface area contributed by atoms with Crippen molar-refractivity contribution < 1.29 is 9.90 Å². The number of hydrogen-bond acceptors (Lipinski definition) is 5. The third kappa shape index (κ3) is 4.83. The number of aliphatic hydroxyl groups is 1. The van der Waals surface area contributed by atoms with Crippen molar-refractivity contribution >= 4 is 17.7 Å². The Morgan fingerprint density at radius 1 is 1.47 bits per heavy atom. The van der Waals surface area contributed by atoms with Gasteiger partial charge in [-0.1, -0.05) is 25.6 Å². The van der Waals surface area contributed by atoms with E-state index in [4.69, 9.17) is 5.11 Å². The molecular weight excluding hydrogens is 264 g/mol. The molecule has 0 saturated heterocycles. The molecule has 0 aliphatic carbocycles. The zero-order valence-corrected chi connectivity index (χ0v) is 12.6. The highest BCUT2D eigenvalue weighted by Gasteiger charge is 2.16. The fourth-order valence-electron chi connectivity index (χ4n) is 1.49. The summed E-state index contributed by atoms with van der Waals surface area (Å²) in [6.07, 6.45) is 1.66. The van der Waals surface area contributed by atoms with Crippen LogP contribution in [0, 0.1) is 5.92 Å². The number of hydrogen-bond donors (Lipinski definition) is 2. The molecular formula is C12H22N4O2S. The lowest BCUT2D eigenvalue weighted by atomic mass is 10.1. The average molecular weight is 286 g/mol. The lowest BCUT2D eigenvalue weighted by Crippen LogP contribution is -2.42. The van der Waals surface area contributed by atoms with Crippen molar-refractivity contribution in [3.8, 4) is 0 Å². The van der Waals surface area contributed by atoms with Gasteiger partial charge in [-0.15, -0.1) is 10.2 Å². The summed E-state index contributed by atoms with van der Waals surface area (Å²) in [7, 11) is 0. The van der Waals surface area contributed by atoms with E-state index >= 15 is 0 Å². The predicted molar refractivity (Wildman–Crippen MR) is 75.0 cm³/mol. The minimum Gasteiger partial charge on any atom is -0.394 e. The fraction of sp³-hybridized carbons (Fsp3) is 0.750. The molecule has 1 atom stereocenters. The van der Waals surface area contributed by atoms with Gasteiger partial charge in [0.2, 0.25) is 5.91 Å². The molecule has 0 bridgehead atoms. The number of carbonyl (C=O) groups excluding carboxylic acids is 1. The summed E-state index contributed by atoms with van der Waals surface area (Å²) >= 11 is 1.35. The Morgan fingerprint density at radius 2 is 2.16 bits per heavy atom. The Labute approximate surface area is 118 Å². The second-order valence-corrected chi connectivity index (χ2v) is 5.95. The first kappa shape index (κ1) is 16.0. The molecule has 1 amide bonds. The van der Waals surface area contributed by atoms with Crippen molar-refractivity contribution in [1.29, 1.82) is 0 Å². The minimum atomic E-state index is -0.198. The van der Waals surface area contributed by atoms with Gasteiger partial charge in [-0.05, 0) is 19.8 Å². The fourth-order valence-corrected chi connectivity index (χ4v) is 2.35. The van der Waals surface area contributed by atoms with Crippen LogP contribution in [0.2, 0.25) is 0 Å². The molecule has 0 aromatic carbocycles. The maximum atomic E-state index is 11.8. The smallest absolute Gasteiger partial charge is 0.230 e. The summed E-state index contributed by atoms with van der Waals surface area (Å²) in [5.74, 6) is 0.378. The van der Waals surface area contributed by atoms with Crippen LogP contribution in [0.25, 0.3) is 0 Å². The van der Waals surface area contributed by atoms with Crippen LogP contribution >= 0.6 is 11.8 Å². The highest BCUT2D eigenvalue weighted by molar-refractivity contribution is 7.99. The molecule has 0 radical (unpaired) electrons. The average Bonchev–Trinajstić information content (AvgIpc) is 2.81. The van der Waals surface area contributed by atoms with Crippen molar-refractivity contribution in [2.24, 2.45) is 5.92 Å². The number of nitrogens with zero attached hydrogens (tertiary/aromatic N) is 3. The molecule has 0 aliphatic heterocycles. The van der Waals surface area contributed by atoms with Crippen molar-refractivity contribution in [3.63, 3.8) is 0 Å². The van der Waals surface area contributed by atoms with E-state index in [9.17, 15) is 4.79 Å². The van der Waals surface area contributed by atoms with E-state index in [1.54, 1.807) is 6.33 Å². The van der Waals surface area contributed by atoms with Gasteiger partial charge in [-0.25, -0.2) is 0 Å². The summed E-state index contributed by atoms with van der Waals surface area (Å²) in [5.41, 5.74) is 0. The second kappa shape index (κ2) is 7.49. The molecule has 6 nitrogen and oxygen atoms in total. The summed E-state index contributed by atoms with van der Waals surface area (Å²) < 4.78 is 1.92. The molecule has 19 heavy (non-hydrogen) atoms. The van der Waals surface area contributed by atoms with Gasteiger partial charge in [0, 0.05) is 6.04 Å². The first-order valence-electron chi connectivity index (χ1n) is 6.38. The van der Waals surface area contributed by atoms with Crippen LogP contribution in [0.15, 0.2) is 11.5 Å². The van der Waals surface area contributed by atoms with Crippen LogP contribution in [0.4, 0.5) is 0 Å². The van der Waals surface area contributed by atoms with Gasteiger partial charge in [0.05, 0.1) is 18.4 Å². The highest BCUT2D eigenvalue weighted by Crippen LogP contribution is 2.18. The zero-order valence-electron chi connectivity index (χ0n) is 11.8. The molecule has 2 N–H and O–H groups in total. The summed E-state index contributed by atoms with van der Waals surface area (Å²) in [4.78, 5) is 11.8. The quantitative estimate of drug-likeness (QED) is 0.733. The van der Waals surface area contributed by atoms with E-state index in [1.807, 2.05) is 32.3 Å². The van der Waals surface area contributed by atoms with Gasteiger partial charge in [-0.2, -0.15) is 0 Å². The van der Waals surface area contributed by atoms with Crippen molar-refractivity contribution in [3.05, 3.63) is 6.33 Å². The van der Waals surface area contributed by atoms with E-state index in [2.05, 4.69) is 15.5 Å². The van der Waals surface area contributed by atoms with Crippen LogP contribution in [0.5, 0.6) is 0 Å². The molecule has 1 aromatic heterocycles. The summed E-state index contributed by atoms with van der Waals surface area (Å²) in [6.45, 7) is 7.95. The normalized spacial score (nSPS) is 13.0. The van der Waals surface area contributed by atoms with E-state index in [1.165, 1.54) is 11.8 Å². The lowest BCUT2D eigenvalue weighted by molar-refractivity contribution is -0.119. The van der Waals surface area contributed by atoms with Crippen molar-refractivity contribution in [2.75, 3.05) is 12.4 Å². The predicted octanol–water partition coefficient (Wildman–Crippen LogP) is 1.08. The van der Waals surface area contributed by atoms with Gasteiger partial charge in [0.15, 0.2) is 5.16 Å². The second-order valence-electron chi connectivity index (χ2n) is 5.00. The Balaban J connectivity index is 2.48. The van der Waals surface area contributed by atoms with Crippen LogP contribution < -0.4 is 5.32 Å². The van der Waals surface area contributed by atoms with Gasteiger partial charge in [0.25, 0.3) is 0 Å². The Bertz CT molecular complexity index is 406. The molecule has 1 heterocycles. The van der Waals surface area contributed by atoms with Crippen molar-refractivity contribution in [2.45, 2.75) is 44.9 Å². The minimum absolute atomic E-state index is 0.0454. The van der Waals surface area contributed by atoms with E-state index in [-0.39, 0.29) is 36.3 Å². The number of aromatic nitrogens is 3. The summed E-state index contributed by atoms with van der Waals surface area (Å²) in [6, 6.07) is 0.0671. The summed E-state index contributed by atoms with van der Waals surface area (Å²) in [5, 5.41) is 20.5. The lowest BCUT2D eigenvalue weighted by Gasteiger charge is -2.19. The molecule has 108 valence electrons. The Hall–Kier alpha value is -1.08. The van der Waals surface area contributed by atoms with E-state index in [0.717, 1.165) is 5.16 Å². The zero-order chi connectivity index (χ0) is 14.4. The number of amides is 1. The maximum Gasteiger partial charge on any atom is 0.230 e. The van der Waals surface area contributed by atoms with Crippen molar-refractivity contribution in [1.82, 2.24) is 20.1 Å². The SMILES string of the molecule is CC(C)[C@@H](CO)NC(=O)CSc1nncn1C(C)C. The van der Waals surface area contributed by atoms with Crippen LogP contribution in [0.1, 0.15) is 33.7 Å². The number of aliphatic hydroxyl groups excluding tert-OH is 1. The van der Waals surface area contributed by atoms with E-state index in [0.29, 0.717) is 0 Å². The largest absolute Gasteiger partial charge is 0.394 e. The number of nitrogens with one attached hydrogen (secondary N) is 1. The molecule has 0 saturated carbocycles. The number of carbonyl (C=O) groups is 1. The van der Waals surface area contributed by atoms with Gasteiger partial charge in [-0.3, -0.25) is 4.79 Å². The number of rotatable bonds is 7. The third-order valence-electron chi connectivity index (χ3n) is 2.78. The standard InChI is InChI=1S/C12H22N4O2S/c1-8(2)10(5-17)14-11(18)6-19-12-15-13-7-16(12)9(3)4/h7-10,17H,5-6H2,1-4H3,(H,14,18)/t10-/m1/s1. The topological polar surface area (TPSA) is 80.0 Å². The van der Waals surface area contributed by atoms with E-state index < -0.39 is 0 Å². The Kier molecular flexibility index (Phi) is 6.30. The van der Waals surface area contributed by atoms with Gasteiger partial charge >= 0.3 is 0 Å². The monoisotopic (exact) mass is 286 g/mol. The molecule has 0 spiro atoms. The molecule has 7 heteroatoms. The van der Waals surface area contributed by atoms with Gasteiger partial charge in [0.1, 0.15) is 6.33 Å². The van der Waals surface area contributed by atoms with Gasteiger partial charge < -0.3 is 15.0 Å². The highest BCUT2D eigenvalue weighted by atomic mass is 32.2. The van der Waals surface area contributed by atoms with Crippen LogP contribution in [0.3, 0.4) is 0 Å². The maximum absolute atomic E-state index is 11.8. The first-order valence-corrected chi connectivity index (χ1v) is 7.36. The third-order valence-corrected chi connectivity index (χ3v) is 3.73. The molecule has 0 unspecified atom stereocenters.